The molecule has 11 heteroatoms. The zero-order chi connectivity index (χ0) is 21.9. The van der Waals surface area contributed by atoms with Crippen LogP contribution >= 0.6 is 0 Å². The number of anilines is 1. The Labute approximate surface area is 168 Å². The molecule has 0 spiro atoms. The number of carbonyl (C=O) groups excluding carboxylic acids is 1. The summed E-state index contributed by atoms with van der Waals surface area (Å²) < 4.78 is 38.7. The summed E-state index contributed by atoms with van der Waals surface area (Å²) in [6.07, 6.45) is -0.0150. The van der Waals surface area contributed by atoms with Crippen LogP contribution in [-0.2, 0) is 4.79 Å². The lowest BCUT2D eigenvalue weighted by atomic mass is 9.95. The topological polar surface area (TPSA) is 117 Å². The average Bonchev–Trinajstić information content (AvgIpc) is 2.68. The number of halogens is 3. The third-order valence-corrected chi connectivity index (χ3v) is 4.84. The first-order valence-electron chi connectivity index (χ1n) is 9.27. The fourth-order valence-corrected chi connectivity index (χ4v) is 3.37. The largest absolute Gasteiger partial charge is 0.494 e. The Balaban J connectivity index is 1.96. The first kappa shape index (κ1) is 21.3. The fraction of sp³-hybridized carbons (Fsp3) is 0.368. The van der Waals surface area contributed by atoms with Crippen LogP contribution in [0.4, 0.5) is 24.5 Å². The molecule has 30 heavy (non-hydrogen) atoms. The molecule has 0 atom stereocenters. The van der Waals surface area contributed by atoms with Gasteiger partial charge >= 0.3 is 17.8 Å². The summed E-state index contributed by atoms with van der Waals surface area (Å²) in [5.41, 5.74) is -2.22. The van der Waals surface area contributed by atoms with E-state index >= 15 is 0 Å². The van der Waals surface area contributed by atoms with E-state index in [2.05, 4.69) is 9.98 Å². The lowest BCUT2D eigenvalue weighted by Gasteiger charge is -2.24. The second-order valence-corrected chi connectivity index (χ2v) is 6.89. The molecule has 0 radical (unpaired) electrons. The van der Waals surface area contributed by atoms with Crippen LogP contribution in [0.3, 0.4) is 0 Å². The van der Waals surface area contributed by atoms with E-state index in [0.29, 0.717) is 12.8 Å². The van der Waals surface area contributed by atoms with E-state index in [-0.39, 0.29) is 23.0 Å². The number of aromatic hydroxyl groups is 1. The number of benzene rings is 1. The highest BCUT2D eigenvalue weighted by Gasteiger charge is 2.39. The van der Waals surface area contributed by atoms with Gasteiger partial charge in [-0.15, -0.1) is 0 Å². The minimum absolute atomic E-state index is 0.0654. The predicted octanol–water partition coefficient (Wildman–Crippen LogP) is 3.00. The molecule has 0 saturated heterocycles. The number of para-hydroxylation sites is 2. The number of carbonyl (C=O) groups is 1. The summed E-state index contributed by atoms with van der Waals surface area (Å²) in [4.78, 5) is 41.7. The van der Waals surface area contributed by atoms with Crippen LogP contribution in [0.1, 0.15) is 43.7 Å². The number of nitrogens with one attached hydrogen (secondary N) is 2. The number of hydrogen-bond donors (Lipinski definition) is 3. The molecule has 3 rings (SSSR count). The smallest absolute Gasteiger partial charge is 0.471 e. The number of amides is 1. The van der Waals surface area contributed by atoms with Crippen molar-refractivity contribution in [3.05, 3.63) is 50.7 Å². The molecule has 0 unspecified atom stereocenters. The van der Waals surface area contributed by atoms with E-state index in [9.17, 15) is 32.7 Å². The Morgan fingerprint density at radius 3 is 2.53 bits per heavy atom. The molecular weight excluding hydrogens is 405 g/mol. The van der Waals surface area contributed by atoms with Gasteiger partial charge in [0.1, 0.15) is 5.56 Å². The van der Waals surface area contributed by atoms with Crippen LogP contribution in [0.25, 0.3) is 0 Å². The zero-order valence-electron chi connectivity index (χ0n) is 15.7. The second-order valence-electron chi connectivity index (χ2n) is 6.89. The third kappa shape index (κ3) is 4.61. The number of alkyl halides is 3. The van der Waals surface area contributed by atoms with Crippen LogP contribution in [0.5, 0.6) is 5.88 Å². The van der Waals surface area contributed by atoms with E-state index in [4.69, 9.17) is 0 Å². The number of hydrogen-bond acceptors (Lipinski definition) is 5. The third-order valence-electron chi connectivity index (χ3n) is 4.84. The Kier molecular flexibility index (Phi) is 6.09. The number of aromatic nitrogens is 2. The lowest BCUT2D eigenvalue weighted by molar-refractivity contribution is -0.167. The van der Waals surface area contributed by atoms with Crippen LogP contribution < -0.4 is 16.6 Å². The van der Waals surface area contributed by atoms with E-state index in [1.54, 1.807) is 5.32 Å². The van der Waals surface area contributed by atoms with Crippen molar-refractivity contribution in [2.45, 2.75) is 44.3 Å². The van der Waals surface area contributed by atoms with Crippen LogP contribution in [-0.4, -0.2) is 33.0 Å². The van der Waals surface area contributed by atoms with Gasteiger partial charge in [-0.3, -0.25) is 24.1 Å². The number of aromatic amines is 1. The minimum Gasteiger partial charge on any atom is -0.494 e. The van der Waals surface area contributed by atoms with Crippen molar-refractivity contribution < 1.29 is 23.1 Å². The molecule has 0 aliphatic heterocycles. The van der Waals surface area contributed by atoms with Gasteiger partial charge in [-0.05, 0) is 25.0 Å². The molecule has 1 aromatic carbocycles. The normalized spacial score (nSPS) is 15.4. The lowest BCUT2D eigenvalue weighted by Crippen LogP contribution is -2.35. The summed E-state index contributed by atoms with van der Waals surface area (Å²) in [5.74, 6) is -2.73. The van der Waals surface area contributed by atoms with E-state index in [1.807, 2.05) is 0 Å². The van der Waals surface area contributed by atoms with Gasteiger partial charge in [0.25, 0.3) is 5.56 Å². The average molecular weight is 424 g/mol. The SMILES string of the molecule is O=C(Nc1ccccc1N=Cc1c(O)n(C2CCCCC2)c(=O)[nH]c1=O)C(F)(F)F. The van der Waals surface area contributed by atoms with E-state index in [0.717, 1.165) is 30.0 Å². The van der Waals surface area contributed by atoms with Crippen molar-refractivity contribution in [1.82, 2.24) is 9.55 Å². The quantitative estimate of drug-likeness (QED) is 0.654. The molecule has 1 heterocycles. The molecule has 8 nitrogen and oxygen atoms in total. The Bertz CT molecular complexity index is 1080. The first-order valence-corrected chi connectivity index (χ1v) is 9.27. The molecule has 1 amide bonds. The van der Waals surface area contributed by atoms with Crippen molar-refractivity contribution >= 4 is 23.5 Å². The molecule has 1 aliphatic rings. The highest BCUT2D eigenvalue weighted by Crippen LogP contribution is 2.30. The summed E-state index contributed by atoms with van der Waals surface area (Å²) in [6, 6.07) is 5.14. The second kappa shape index (κ2) is 8.56. The summed E-state index contributed by atoms with van der Waals surface area (Å²) in [5, 5.41) is 12.2. The number of aliphatic imine (C=N–C) groups is 1. The minimum atomic E-state index is -5.08. The fourth-order valence-electron chi connectivity index (χ4n) is 3.37. The van der Waals surface area contributed by atoms with Crippen molar-refractivity contribution in [2.24, 2.45) is 4.99 Å². The van der Waals surface area contributed by atoms with Crippen LogP contribution in [0.15, 0.2) is 38.8 Å². The molecule has 3 N–H and O–H groups in total. The molecule has 0 bridgehead atoms. The number of rotatable bonds is 4. The molecule has 1 fully saturated rings. The van der Waals surface area contributed by atoms with E-state index in [1.165, 1.54) is 24.3 Å². The molecule has 2 aromatic rings. The van der Waals surface area contributed by atoms with Gasteiger partial charge in [0, 0.05) is 12.3 Å². The van der Waals surface area contributed by atoms with Crippen molar-refractivity contribution in [1.29, 1.82) is 0 Å². The zero-order valence-corrected chi connectivity index (χ0v) is 15.7. The van der Waals surface area contributed by atoms with E-state index < -0.39 is 29.2 Å². The summed E-state index contributed by atoms with van der Waals surface area (Å²) >= 11 is 0. The monoisotopic (exact) mass is 424 g/mol. The molecular formula is C19H19F3N4O4. The van der Waals surface area contributed by atoms with Gasteiger partial charge < -0.3 is 10.4 Å². The Morgan fingerprint density at radius 2 is 1.87 bits per heavy atom. The van der Waals surface area contributed by atoms with Gasteiger partial charge in [0.05, 0.1) is 11.4 Å². The number of H-pyrrole nitrogens is 1. The van der Waals surface area contributed by atoms with Crippen molar-refractivity contribution in [3.63, 3.8) is 0 Å². The highest BCUT2D eigenvalue weighted by atomic mass is 19.4. The van der Waals surface area contributed by atoms with Crippen molar-refractivity contribution in [2.75, 3.05) is 5.32 Å². The van der Waals surface area contributed by atoms with Gasteiger partial charge in [-0.1, -0.05) is 31.4 Å². The molecule has 160 valence electrons. The van der Waals surface area contributed by atoms with Gasteiger partial charge in [-0.2, -0.15) is 13.2 Å². The van der Waals surface area contributed by atoms with Gasteiger partial charge in [-0.25, -0.2) is 4.79 Å². The van der Waals surface area contributed by atoms with Crippen molar-refractivity contribution in [3.8, 4) is 5.88 Å². The van der Waals surface area contributed by atoms with Gasteiger partial charge in [0.2, 0.25) is 5.88 Å². The molecule has 1 saturated carbocycles. The van der Waals surface area contributed by atoms with Crippen LogP contribution in [0, 0.1) is 0 Å². The predicted molar refractivity (Wildman–Crippen MR) is 103 cm³/mol. The standard InChI is InChI=1S/C19H19F3N4O4/c20-19(21,22)17(29)24-14-9-5-4-8-13(14)23-10-12-15(27)25-18(30)26(16(12)28)11-6-2-1-3-7-11/h4-5,8-11,28H,1-3,6-7H2,(H,24,29)(H,25,27,30). The Morgan fingerprint density at radius 1 is 1.20 bits per heavy atom. The summed E-state index contributed by atoms with van der Waals surface area (Å²) in [7, 11) is 0. The number of nitrogens with zero attached hydrogens (tertiary/aromatic N) is 2. The maximum atomic E-state index is 12.5. The molecule has 1 aliphatic carbocycles. The van der Waals surface area contributed by atoms with Crippen LogP contribution in [0.2, 0.25) is 0 Å². The van der Waals surface area contributed by atoms with Gasteiger partial charge in [0.15, 0.2) is 0 Å². The molecule has 1 aromatic heterocycles. The Hall–Kier alpha value is -3.37. The summed E-state index contributed by atoms with van der Waals surface area (Å²) in [6.45, 7) is 0. The maximum absolute atomic E-state index is 12.5. The first-order chi connectivity index (χ1) is 14.2. The highest BCUT2D eigenvalue weighted by molar-refractivity contribution is 5.98. The maximum Gasteiger partial charge on any atom is 0.471 e.